The van der Waals surface area contributed by atoms with Crippen LogP contribution >= 0.6 is 0 Å². The summed E-state index contributed by atoms with van der Waals surface area (Å²) >= 11 is 0. The summed E-state index contributed by atoms with van der Waals surface area (Å²) < 4.78 is 1.84. The molecule has 1 aromatic heterocycles. The standard InChI is InChI=1S/C12H15BN2O2/c1-8-6-11(4-5-12(8)13(16)17)15-10(3)7-9(2)14-15/h4-7,16-17H,1-3H3. The molecule has 4 nitrogen and oxygen atoms in total. The monoisotopic (exact) mass is 230 g/mol. The molecule has 2 N–H and O–H groups in total. The van der Waals surface area contributed by atoms with Gasteiger partial charge in [-0.15, -0.1) is 0 Å². The van der Waals surface area contributed by atoms with Crippen molar-refractivity contribution in [3.63, 3.8) is 0 Å². The van der Waals surface area contributed by atoms with Crippen molar-refractivity contribution in [3.8, 4) is 5.69 Å². The van der Waals surface area contributed by atoms with E-state index >= 15 is 0 Å². The van der Waals surface area contributed by atoms with Crippen molar-refractivity contribution in [1.29, 1.82) is 0 Å². The molecule has 1 heterocycles. The second kappa shape index (κ2) is 4.35. The van der Waals surface area contributed by atoms with Gasteiger partial charge in [0.2, 0.25) is 0 Å². The third-order valence-electron chi connectivity index (χ3n) is 2.79. The molecule has 0 bridgehead atoms. The summed E-state index contributed by atoms with van der Waals surface area (Å²) in [6.07, 6.45) is 0. The summed E-state index contributed by atoms with van der Waals surface area (Å²) in [4.78, 5) is 0. The average Bonchev–Trinajstić information content (AvgIpc) is 2.57. The lowest BCUT2D eigenvalue weighted by atomic mass is 9.77. The molecule has 0 aliphatic rings. The number of hydrogen-bond donors (Lipinski definition) is 2. The van der Waals surface area contributed by atoms with Gasteiger partial charge in [-0.1, -0.05) is 6.07 Å². The summed E-state index contributed by atoms with van der Waals surface area (Å²) in [6.45, 7) is 5.79. The van der Waals surface area contributed by atoms with Crippen LogP contribution in [0.4, 0.5) is 0 Å². The number of benzene rings is 1. The fourth-order valence-corrected chi connectivity index (χ4v) is 1.97. The molecule has 0 spiro atoms. The van der Waals surface area contributed by atoms with Crippen molar-refractivity contribution in [2.75, 3.05) is 0 Å². The normalized spacial score (nSPS) is 10.6. The minimum absolute atomic E-state index is 0.523. The lowest BCUT2D eigenvalue weighted by Gasteiger charge is -2.09. The Morgan fingerprint density at radius 2 is 1.82 bits per heavy atom. The van der Waals surface area contributed by atoms with Crippen molar-refractivity contribution in [1.82, 2.24) is 9.78 Å². The summed E-state index contributed by atoms with van der Waals surface area (Å²) in [5.41, 5.74) is 4.31. The van der Waals surface area contributed by atoms with Crippen LogP contribution in [-0.2, 0) is 0 Å². The van der Waals surface area contributed by atoms with Crippen molar-refractivity contribution in [2.45, 2.75) is 20.8 Å². The first-order valence-electron chi connectivity index (χ1n) is 5.49. The molecule has 0 fully saturated rings. The van der Waals surface area contributed by atoms with Crippen LogP contribution < -0.4 is 5.46 Å². The lowest BCUT2D eigenvalue weighted by Crippen LogP contribution is -2.32. The number of rotatable bonds is 2. The van der Waals surface area contributed by atoms with Gasteiger partial charge in [-0.2, -0.15) is 5.10 Å². The maximum atomic E-state index is 9.16. The van der Waals surface area contributed by atoms with E-state index in [9.17, 15) is 0 Å². The predicted octanol–water partition coefficient (Wildman–Crippen LogP) is 0.477. The molecule has 0 unspecified atom stereocenters. The Morgan fingerprint density at radius 3 is 2.29 bits per heavy atom. The molecule has 2 rings (SSSR count). The predicted molar refractivity (Wildman–Crippen MR) is 67.6 cm³/mol. The Labute approximate surface area is 101 Å². The van der Waals surface area contributed by atoms with Crippen LogP contribution in [0.2, 0.25) is 0 Å². The van der Waals surface area contributed by atoms with Crippen molar-refractivity contribution >= 4 is 12.6 Å². The fraction of sp³-hybridized carbons (Fsp3) is 0.250. The lowest BCUT2D eigenvalue weighted by molar-refractivity contribution is 0.425. The van der Waals surface area contributed by atoms with E-state index < -0.39 is 7.12 Å². The molecule has 0 atom stereocenters. The zero-order valence-corrected chi connectivity index (χ0v) is 10.2. The Morgan fingerprint density at radius 1 is 1.12 bits per heavy atom. The highest BCUT2D eigenvalue weighted by Crippen LogP contribution is 2.12. The first-order valence-corrected chi connectivity index (χ1v) is 5.49. The van der Waals surface area contributed by atoms with Gasteiger partial charge in [0.25, 0.3) is 0 Å². The fourth-order valence-electron chi connectivity index (χ4n) is 1.97. The molecule has 0 radical (unpaired) electrons. The molecule has 2 aromatic rings. The molecule has 0 saturated heterocycles. The Kier molecular flexibility index (Phi) is 3.04. The highest BCUT2D eigenvalue weighted by molar-refractivity contribution is 6.59. The molecular weight excluding hydrogens is 215 g/mol. The van der Waals surface area contributed by atoms with E-state index in [4.69, 9.17) is 10.0 Å². The van der Waals surface area contributed by atoms with Crippen LogP contribution in [0.5, 0.6) is 0 Å². The van der Waals surface area contributed by atoms with Crippen molar-refractivity contribution in [2.24, 2.45) is 0 Å². The van der Waals surface area contributed by atoms with Crippen LogP contribution in [0.3, 0.4) is 0 Å². The van der Waals surface area contributed by atoms with E-state index in [1.54, 1.807) is 6.07 Å². The zero-order valence-electron chi connectivity index (χ0n) is 10.2. The highest BCUT2D eigenvalue weighted by Gasteiger charge is 2.14. The van der Waals surface area contributed by atoms with E-state index in [0.29, 0.717) is 5.46 Å². The van der Waals surface area contributed by atoms with Gasteiger partial charge in [-0.05, 0) is 50.0 Å². The van der Waals surface area contributed by atoms with E-state index in [0.717, 1.165) is 22.6 Å². The molecule has 0 saturated carbocycles. The van der Waals surface area contributed by atoms with E-state index in [-0.39, 0.29) is 0 Å². The van der Waals surface area contributed by atoms with Crippen molar-refractivity contribution < 1.29 is 10.0 Å². The van der Waals surface area contributed by atoms with Crippen LogP contribution in [-0.4, -0.2) is 26.9 Å². The number of aryl methyl sites for hydroxylation is 3. The van der Waals surface area contributed by atoms with E-state index in [1.165, 1.54) is 0 Å². The summed E-state index contributed by atoms with van der Waals surface area (Å²) in [6, 6.07) is 7.45. The molecule has 0 amide bonds. The van der Waals surface area contributed by atoms with E-state index in [2.05, 4.69) is 5.10 Å². The molecule has 0 aliphatic heterocycles. The summed E-state index contributed by atoms with van der Waals surface area (Å²) in [5, 5.41) is 22.7. The Hall–Kier alpha value is -1.59. The Bertz CT molecular complexity index is 549. The minimum atomic E-state index is -1.43. The molecule has 1 aromatic carbocycles. The summed E-state index contributed by atoms with van der Waals surface area (Å²) in [5.74, 6) is 0. The van der Waals surface area contributed by atoms with Crippen LogP contribution in [0.1, 0.15) is 17.0 Å². The number of nitrogens with zero attached hydrogens (tertiary/aromatic N) is 2. The third-order valence-corrected chi connectivity index (χ3v) is 2.79. The summed E-state index contributed by atoms with van der Waals surface area (Å²) in [7, 11) is -1.43. The minimum Gasteiger partial charge on any atom is -0.423 e. The first-order chi connectivity index (χ1) is 7.99. The van der Waals surface area contributed by atoms with Crippen LogP contribution in [0, 0.1) is 20.8 Å². The quantitative estimate of drug-likeness (QED) is 0.737. The van der Waals surface area contributed by atoms with Crippen LogP contribution in [0.25, 0.3) is 5.69 Å². The smallest absolute Gasteiger partial charge is 0.423 e. The van der Waals surface area contributed by atoms with Gasteiger partial charge in [0.15, 0.2) is 0 Å². The molecule has 17 heavy (non-hydrogen) atoms. The average molecular weight is 230 g/mol. The topological polar surface area (TPSA) is 58.3 Å². The van der Waals surface area contributed by atoms with Gasteiger partial charge < -0.3 is 10.0 Å². The Balaban J connectivity index is 2.48. The first kappa shape index (κ1) is 11.9. The second-order valence-corrected chi connectivity index (χ2v) is 4.25. The highest BCUT2D eigenvalue weighted by atomic mass is 16.4. The third kappa shape index (κ3) is 2.25. The molecule has 5 heteroatoms. The molecule has 0 aliphatic carbocycles. The SMILES string of the molecule is Cc1cc(C)n(-c2ccc(B(O)O)c(C)c2)n1. The maximum Gasteiger partial charge on any atom is 0.488 e. The van der Waals surface area contributed by atoms with Gasteiger partial charge in [0.1, 0.15) is 0 Å². The molecular formula is C12H15BN2O2. The molecule has 88 valence electrons. The van der Waals surface area contributed by atoms with Gasteiger partial charge in [0, 0.05) is 5.69 Å². The number of hydrogen-bond acceptors (Lipinski definition) is 3. The zero-order chi connectivity index (χ0) is 12.6. The van der Waals surface area contributed by atoms with Crippen LogP contribution in [0.15, 0.2) is 24.3 Å². The van der Waals surface area contributed by atoms with E-state index in [1.807, 2.05) is 43.7 Å². The van der Waals surface area contributed by atoms with Crippen molar-refractivity contribution in [3.05, 3.63) is 41.2 Å². The van der Waals surface area contributed by atoms with Gasteiger partial charge in [0.05, 0.1) is 11.4 Å². The van der Waals surface area contributed by atoms with Gasteiger partial charge in [-0.25, -0.2) is 4.68 Å². The second-order valence-electron chi connectivity index (χ2n) is 4.25. The van der Waals surface area contributed by atoms with Gasteiger partial charge >= 0.3 is 7.12 Å². The number of aromatic nitrogens is 2. The van der Waals surface area contributed by atoms with Gasteiger partial charge in [-0.3, -0.25) is 0 Å². The largest absolute Gasteiger partial charge is 0.488 e. The maximum absolute atomic E-state index is 9.16.